The van der Waals surface area contributed by atoms with E-state index in [1.165, 1.54) is 6.07 Å². The highest BCUT2D eigenvalue weighted by Gasteiger charge is 2.30. The molecule has 1 aliphatic rings. The molecule has 1 fully saturated rings. The zero-order valence-corrected chi connectivity index (χ0v) is 15.6. The molecule has 3 rings (SSSR count). The van der Waals surface area contributed by atoms with Gasteiger partial charge in [0, 0.05) is 17.7 Å². The Bertz CT molecular complexity index is 837. The summed E-state index contributed by atoms with van der Waals surface area (Å²) in [6, 6.07) is 11.8. The van der Waals surface area contributed by atoms with Crippen LogP contribution in [-0.4, -0.2) is 35.8 Å². The number of nitrogens with zero attached hydrogens (tertiary/aromatic N) is 1. The first-order valence-corrected chi connectivity index (χ1v) is 9.30. The van der Waals surface area contributed by atoms with E-state index in [-0.39, 0.29) is 23.4 Å². The second-order valence-corrected chi connectivity index (χ2v) is 6.95. The summed E-state index contributed by atoms with van der Waals surface area (Å²) >= 11 is 0. The number of benzene rings is 2. The quantitative estimate of drug-likeness (QED) is 0.823. The molecule has 1 atom stereocenters. The summed E-state index contributed by atoms with van der Waals surface area (Å²) in [6.07, 6.45) is 1.28. The first-order chi connectivity index (χ1) is 13.4. The van der Waals surface area contributed by atoms with Crippen molar-refractivity contribution in [3.05, 3.63) is 60.2 Å². The molecule has 7 heteroatoms. The molecule has 28 heavy (non-hydrogen) atoms. The number of nitrogens with one attached hydrogen (secondary N) is 2. The van der Waals surface area contributed by atoms with Crippen LogP contribution in [0.25, 0.3) is 0 Å². The van der Waals surface area contributed by atoms with Gasteiger partial charge >= 0.3 is 0 Å². The van der Waals surface area contributed by atoms with Gasteiger partial charge in [-0.15, -0.1) is 0 Å². The van der Waals surface area contributed by atoms with Crippen molar-refractivity contribution in [2.45, 2.75) is 25.8 Å². The van der Waals surface area contributed by atoms with Gasteiger partial charge in [0.2, 0.25) is 11.8 Å². The van der Waals surface area contributed by atoms with Crippen molar-refractivity contribution < 1.29 is 18.4 Å². The average Bonchev–Trinajstić information content (AvgIpc) is 2.70. The van der Waals surface area contributed by atoms with E-state index < -0.39 is 17.7 Å². The van der Waals surface area contributed by atoms with Crippen LogP contribution in [0.15, 0.2) is 48.5 Å². The minimum absolute atomic E-state index is 0.0173. The molecule has 1 heterocycles. The maximum atomic E-state index is 13.7. The summed E-state index contributed by atoms with van der Waals surface area (Å²) in [6.45, 7) is 2.92. The van der Waals surface area contributed by atoms with Gasteiger partial charge in [-0.1, -0.05) is 18.2 Å². The summed E-state index contributed by atoms with van der Waals surface area (Å²) in [4.78, 5) is 26.8. The second-order valence-electron chi connectivity index (χ2n) is 6.95. The van der Waals surface area contributed by atoms with Crippen molar-refractivity contribution >= 4 is 23.2 Å². The molecule has 1 saturated heterocycles. The molecule has 2 aromatic rings. The van der Waals surface area contributed by atoms with E-state index in [2.05, 4.69) is 10.6 Å². The fourth-order valence-electron chi connectivity index (χ4n) is 3.31. The SMILES string of the molecule is CC(C(=O)Nc1ccc(F)cc1F)N1CCC(C(=O)Nc2ccccc2)CC1. The summed E-state index contributed by atoms with van der Waals surface area (Å²) in [5.74, 6) is -1.99. The van der Waals surface area contributed by atoms with Crippen LogP contribution >= 0.6 is 0 Å². The Labute approximate surface area is 162 Å². The largest absolute Gasteiger partial charge is 0.326 e. The van der Waals surface area contributed by atoms with Crippen LogP contribution in [0.5, 0.6) is 0 Å². The third-order valence-corrected chi connectivity index (χ3v) is 5.06. The summed E-state index contributed by atoms with van der Waals surface area (Å²) in [5, 5.41) is 5.41. The Morgan fingerprint density at radius 1 is 1.04 bits per heavy atom. The zero-order chi connectivity index (χ0) is 20.1. The molecule has 0 aliphatic carbocycles. The highest BCUT2D eigenvalue weighted by molar-refractivity contribution is 5.95. The van der Waals surface area contributed by atoms with E-state index >= 15 is 0 Å². The van der Waals surface area contributed by atoms with Gasteiger partial charge in [-0.05, 0) is 57.1 Å². The third kappa shape index (κ3) is 4.92. The van der Waals surface area contributed by atoms with Crippen molar-refractivity contribution in [2.75, 3.05) is 23.7 Å². The van der Waals surface area contributed by atoms with Crippen LogP contribution in [0.4, 0.5) is 20.2 Å². The lowest BCUT2D eigenvalue weighted by Crippen LogP contribution is -2.47. The van der Waals surface area contributed by atoms with Gasteiger partial charge in [0.15, 0.2) is 0 Å². The van der Waals surface area contributed by atoms with E-state index in [1.54, 1.807) is 6.92 Å². The van der Waals surface area contributed by atoms with Crippen molar-refractivity contribution in [2.24, 2.45) is 5.92 Å². The standard InChI is InChI=1S/C21H23F2N3O2/c1-14(20(27)25-19-8-7-16(22)13-18(19)23)26-11-9-15(10-12-26)21(28)24-17-5-3-2-4-6-17/h2-8,13-15H,9-12H2,1H3,(H,24,28)(H,25,27). The van der Waals surface area contributed by atoms with Gasteiger partial charge in [0.25, 0.3) is 0 Å². The van der Waals surface area contributed by atoms with Gasteiger partial charge in [-0.3, -0.25) is 14.5 Å². The molecule has 1 unspecified atom stereocenters. The average molecular weight is 387 g/mol. The molecule has 0 saturated carbocycles. The van der Waals surface area contributed by atoms with Gasteiger partial charge < -0.3 is 10.6 Å². The Balaban J connectivity index is 1.51. The van der Waals surface area contributed by atoms with Crippen LogP contribution < -0.4 is 10.6 Å². The van der Waals surface area contributed by atoms with Crippen molar-refractivity contribution in [1.82, 2.24) is 4.90 Å². The van der Waals surface area contributed by atoms with Crippen LogP contribution in [0.3, 0.4) is 0 Å². The molecule has 2 N–H and O–H groups in total. The lowest BCUT2D eigenvalue weighted by molar-refractivity contribution is -0.123. The normalized spacial score (nSPS) is 16.4. The van der Waals surface area contributed by atoms with Crippen molar-refractivity contribution in [1.29, 1.82) is 0 Å². The first-order valence-electron chi connectivity index (χ1n) is 9.30. The van der Waals surface area contributed by atoms with E-state index in [1.807, 2.05) is 35.2 Å². The number of likely N-dealkylation sites (tertiary alicyclic amines) is 1. The number of anilines is 2. The minimum Gasteiger partial charge on any atom is -0.326 e. The van der Waals surface area contributed by atoms with Gasteiger partial charge in [0.05, 0.1) is 11.7 Å². The second kappa shape index (κ2) is 8.93. The van der Waals surface area contributed by atoms with Gasteiger partial charge in [0.1, 0.15) is 11.6 Å². The number of carbonyl (C=O) groups is 2. The molecule has 0 bridgehead atoms. The third-order valence-electron chi connectivity index (χ3n) is 5.06. The van der Waals surface area contributed by atoms with E-state index in [0.717, 1.165) is 17.8 Å². The van der Waals surface area contributed by atoms with Gasteiger partial charge in [-0.25, -0.2) is 8.78 Å². The number of piperidine rings is 1. The Kier molecular flexibility index (Phi) is 6.36. The molecule has 2 amide bonds. The smallest absolute Gasteiger partial charge is 0.241 e. The minimum atomic E-state index is -0.808. The topological polar surface area (TPSA) is 61.4 Å². The number of hydrogen-bond acceptors (Lipinski definition) is 3. The zero-order valence-electron chi connectivity index (χ0n) is 15.6. The number of amides is 2. The number of halogens is 2. The van der Waals surface area contributed by atoms with Crippen LogP contribution in [0.2, 0.25) is 0 Å². The summed E-state index contributed by atoms with van der Waals surface area (Å²) in [7, 11) is 0. The predicted molar refractivity (Wildman–Crippen MR) is 104 cm³/mol. The molecule has 2 aromatic carbocycles. The highest BCUT2D eigenvalue weighted by Crippen LogP contribution is 2.22. The summed E-state index contributed by atoms with van der Waals surface area (Å²) in [5.41, 5.74) is 0.722. The Morgan fingerprint density at radius 3 is 2.36 bits per heavy atom. The maximum absolute atomic E-state index is 13.7. The number of carbonyl (C=O) groups excluding carboxylic acids is 2. The van der Waals surface area contributed by atoms with Crippen LogP contribution in [-0.2, 0) is 9.59 Å². The van der Waals surface area contributed by atoms with Crippen LogP contribution in [0.1, 0.15) is 19.8 Å². The summed E-state index contributed by atoms with van der Waals surface area (Å²) < 4.78 is 26.7. The van der Waals surface area contributed by atoms with E-state index in [4.69, 9.17) is 0 Å². The molecule has 0 spiro atoms. The van der Waals surface area contributed by atoms with Crippen molar-refractivity contribution in [3.63, 3.8) is 0 Å². The van der Waals surface area contributed by atoms with Crippen LogP contribution in [0, 0.1) is 17.6 Å². The highest BCUT2D eigenvalue weighted by atomic mass is 19.1. The lowest BCUT2D eigenvalue weighted by atomic mass is 9.94. The Morgan fingerprint density at radius 2 is 1.71 bits per heavy atom. The van der Waals surface area contributed by atoms with E-state index in [9.17, 15) is 18.4 Å². The molecule has 5 nitrogen and oxygen atoms in total. The van der Waals surface area contributed by atoms with E-state index in [0.29, 0.717) is 25.9 Å². The Hall–Kier alpha value is -2.80. The van der Waals surface area contributed by atoms with Gasteiger partial charge in [-0.2, -0.15) is 0 Å². The number of para-hydroxylation sites is 1. The maximum Gasteiger partial charge on any atom is 0.241 e. The molecule has 1 aliphatic heterocycles. The molecule has 0 radical (unpaired) electrons. The predicted octanol–water partition coefficient (Wildman–Crippen LogP) is 3.64. The molecular weight excluding hydrogens is 364 g/mol. The monoisotopic (exact) mass is 387 g/mol. The molecule has 0 aromatic heterocycles. The number of hydrogen-bond donors (Lipinski definition) is 2. The lowest BCUT2D eigenvalue weighted by Gasteiger charge is -2.34. The number of rotatable bonds is 5. The fraction of sp³-hybridized carbons (Fsp3) is 0.333. The molecule has 148 valence electrons. The fourth-order valence-corrected chi connectivity index (χ4v) is 3.31. The van der Waals surface area contributed by atoms with Crippen molar-refractivity contribution in [3.8, 4) is 0 Å². The molecular formula is C21H23F2N3O2. The first kappa shape index (κ1) is 19.9.